The van der Waals surface area contributed by atoms with Crippen molar-refractivity contribution in [2.45, 2.75) is 19.3 Å². The van der Waals surface area contributed by atoms with Crippen LogP contribution in [0.15, 0.2) is 28.9 Å². The summed E-state index contributed by atoms with van der Waals surface area (Å²) in [6, 6.07) is 3.31. The molecule has 1 aromatic carbocycles. The molecule has 0 fully saturated rings. The first-order valence-electron chi connectivity index (χ1n) is 7.59. The number of furan rings is 1. The van der Waals surface area contributed by atoms with Crippen LogP contribution in [0.25, 0.3) is 17.4 Å². The molecule has 25 heavy (non-hydrogen) atoms. The van der Waals surface area contributed by atoms with Crippen molar-refractivity contribution in [3.8, 4) is 11.3 Å². The number of carboxylic acid groups (broad SMARTS) is 1. The molecule has 0 aliphatic heterocycles. The summed E-state index contributed by atoms with van der Waals surface area (Å²) >= 11 is 0. The van der Waals surface area contributed by atoms with Gasteiger partial charge < -0.3 is 9.52 Å². The Hall–Kier alpha value is -3.28. The fourth-order valence-corrected chi connectivity index (χ4v) is 3.44. The first-order chi connectivity index (χ1) is 11.7. The molecule has 0 atom stereocenters. The highest BCUT2D eigenvalue weighted by Crippen LogP contribution is 2.43. The highest BCUT2D eigenvalue weighted by molar-refractivity contribution is 6.54. The average Bonchev–Trinajstić information content (AvgIpc) is 3.01. The van der Waals surface area contributed by atoms with E-state index in [0.717, 1.165) is 6.26 Å². The van der Waals surface area contributed by atoms with Gasteiger partial charge in [-0.2, -0.15) is 0 Å². The summed E-state index contributed by atoms with van der Waals surface area (Å²) < 4.78 is 5.31. The van der Waals surface area contributed by atoms with Crippen LogP contribution in [0.1, 0.15) is 56.0 Å². The van der Waals surface area contributed by atoms with Crippen LogP contribution in [0.3, 0.4) is 0 Å². The second kappa shape index (κ2) is 4.63. The predicted octanol–water partition coefficient (Wildman–Crippen LogP) is 2.90. The van der Waals surface area contributed by atoms with Crippen molar-refractivity contribution in [2.24, 2.45) is 0 Å². The van der Waals surface area contributed by atoms with E-state index in [9.17, 15) is 24.3 Å². The molecule has 6 nitrogen and oxygen atoms in total. The molecule has 2 aromatic rings. The number of fused-ring (bicyclic) bond motifs is 5. The lowest BCUT2D eigenvalue weighted by molar-refractivity contribution is -0.118. The molecule has 124 valence electrons. The molecule has 4 rings (SSSR count). The standard InChI is InChI=1S/C19H12O6/c1-19(2)11-5-3-9-13(8(11)4-6-12(19)20)15(21)16(22)14-10(18(23)24)7-25-17(9)14/h3-7H,1-2H3,(H,23,24). The van der Waals surface area contributed by atoms with Gasteiger partial charge in [0.05, 0.1) is 11.0 Å². The van der Waals surface area contributed by atoms with Gasteiger partial charge in [0.25, 0.3) is 0 Å². The smallest absolute Gasteiger partial charge is 0.339 e. The fourth-order valence-electron chi connectivity index (χ4n) is 3.44. The Bertz CT molecular complexity index is 1050. The largest absolute Gasteiger partial charge is 0.478 e. The van der Waals surface area contributed by atoms with E-state index in [1.807, 2.05) is 0 Å². The summed E-state index contributed by atoms with van der Waals surface area (Å²) in [5.41, 5.74) is 0.285. The number of rotatable bonds is 1. The van der Waals surface area contributed by atoms with E-state index < -0.39 is 23.0 Å². The van der Waals surface area contributed by atoms with E-state index in [1.54, 1.807) is 26.0 Å². The van der Waals surface area contributed by atoms with Crippen LogP contribution in [-0.2, 0) is 10.2 Å². The van der Waals surface area contributed by atoms with Crippen LogP contribution in [0, 0.1) is 0 Å². The average molecular weight is 336 g/mol. The Morgan fingerprint density at radius 3 is 2.40 bits per heavy atom. The van der Waals surface area contributed by atoms with Gasteiger partial charge in [-0.15, -0.1) is 0 Å². The lowest BCUT2D eigenvalue weighted by Gasteiger charge is -2.30. The Morgan fingerprint density at radius 1 is 1.04 bits per heavy atom. The minimum absolute atomic E-state index is 0.0721. The maximum Gasteiger partial charge on any atom is 0.339 e. The number of benzene rings is 1. The van der Waals surface area contributed by atoms with Gasteiger partial charge in [0.2, 0.25) is 11.6 Å². The van der Waals surface area contributed by atoms with E-state index in [0.29, 0.717) is 16.7 Å². The molecule has 0 spiro atoms. The summed E-state index contributed by atoms with van der Waals surface area (Å²) in [4.78, 5) is 48.7. The molecule has 0 radical (unpaired) electrons. The van der Waals surface area contributed by atoms with Crippen molar-refractivity contribution in [1.82, 2.24) is 0 Å². The number of carbonyl (C=O) groups is 4. The van der Waals surface area contributed by atoms with Crippen molar-refractivity contribution >= 4 is 29.4 Å². The van der Waals surface area contributed by atoms with Crippen LogP contribution in [0.5, 0.6) is 0 Å². The van der Waals surface area contributed by atoms with Gasteiger partial charge in [-0.05, 0) is 31.1 Å². The van der Waals surface area contributed by atoms with Crippen LogP contribution in [0.2, 0.25) is 0 Å². The SMILES string of the molecule is CC1(C)C(=O)C=Cc2c1ccc1c2C(=O)C(=O)c2c(C(=O)O)coc2-1. The summed E-state index contributed by atoms with van der Waals surface area (Å²) in [5, 5.41) is 9.20. The third kappa shape index (κ3) is 1.79. The molecule has 0 unspecified atom stereocenters. The summed E-state index contributed by atoms with van der Waals surface area (Å²) in [6.45, 7) is 3.50. The molecule has 1 heterocycles. The van der Waals surface area contributed by atoms with E-state index in [2.05, 4.69) is 0 Å². The van der Waals surface area contributed by atoms with E-state index >= 15 is 0 Å². The number of hydrogen-bond donors (Lipinski definition) is 1. The Kier molecular flexibility index (Phi) is 2.83. The zero-order valence-electron chi connectivity index (χ0n) is 13.4. The summed E-state index contributed by atoms with van der Waals surface area (Å²) in [7, 11) is 0. The van der Waals surface area contributed by atoms with Gasteiger partial charge in [0.1, 0.15) is 17.6 Å². The summed E-state index contributed by atoms with van der Waals surface area (Å²) in [6.07, 6.45) is 3.88. The number of ketones is 3. The van der Waals surface area contributed by atoms with E-state index in [1.165, 1.54) is 12.2 Å². The van der Waals surface area contributed by atoms with E-state index in [-0.39, 0.29) is 28.2 Å². The number of Topliss-reactive ketones (excluding diaryl/α,β-unsaturated/α-hetero) is 2. The topological polar surface area (TPSA) is 102 Å². The normalized spacial score (nSPS) is 17.1. The number of aromatic carboxylic acids is 1. The zero-order chi connectivity index (χ0) is 18.1. The minimum Gasteiger partial charge on any atom is -0.478 e. The highest BCUT2D eigenvalue weighted by atomic mass is 16.4. The molecule has 1 aromatic heterocycles. The van der Waals surface area contributed by atoms with Crippen LogP contribution in [0.4, 0.5) is 0 Å². The number of allylic oxidation sites excluding steroid dienone is 1. The van der Waals surface area contributed by atoms with Gasteiger partial charge in [-0.3, -0.25) is 14.4 Å². The van der Waals surface area contributed by atoms with Gasteiger partial charge in [-0.25, -0.2) is 4.79 Å². The van der Waals surface area contributed by atoms with Gasteiger partial charge in [-0.1, -0.05) is 18.2 Å². The first-order valence-corrected chi connectivity index (χ1v) is 7.59. The molecular weight excluding hydrogens is 324 g/mol. The lowest BCUT2D eigenvalue weighted by atomic mass is 9.71. The van der Waals surface area contributed by atoms with Crippen LogP contribution < -0.4 is 0 Å². The fraction of sp³-hybridized carbons (Fsp3) is 0.158. The molecule has 6 heteroatoms. The maximum atomic E-state index is 12.7. The molecule has 2 aliphatic carbocycles. The van der Waals surface area contributed by atoms with Crippen molar-refractivity contribution in [3.05, 3.63) is 52.3 Å². The highest BCUT2D eigenvalue weighted by Gasteiger charge is 2.42. The van der Waals surface area contributed by atoms with Gasteiger partial charge >= 0.3 is 5.97 Å². The number of carbonyl (C=O) groups excluding carboxylic acids is 3. The van der Waals surface area contributed by atoms with Crippen molar-refractivity contribution in [1.29, 1.82) is 0 Å². The quantitative estimate of drug-likeness (QED) is 0.803. The molecule has 2 aliphatic rings. The molecular formula is C19H12O6. The second-order valence-electron chi connectivity index (χ2n) is 6.59. The molecule has 1 N–H and O–H groups in total. The van der Waals surface area contributed by atoms with Crippen LogP contribution in [-0.4, -0.2) is 28.4 Å². The molecule has 0 bridgehead atoms. The Balaban J connectivity index is 2.08. The third-order valence-electron chi connectivity index (χ3n) is 4.86. The lowest BCUT2D eigenvalue weighted by Crippen LogP contribution is -2.33. The van der Waals surface area contributed by atoms with E-state index in [4.69, 9.17) is 4.42 Å². The molecule has 0 saturated carbocycles. The van der Waals surface area contributed by atoms with Gasteiger partial charge in [0.15, 0.2) is 5.78 Å². The molecule has 0 amide bonds. The van der Waals surface area contributed by atoms with Crippen molar-refractivity contribution in [3.63, 3.8) is 0 Å². The number of carboxylic acids is 1. The third-order valence-corrected chi connectivity index (χ3v) is 4.86. The van der Waals surface area contributed by atoms with Gasteiger partial charge in [0, 0.05) is 11.1 Å². The maximum absolute atomic E-state index is 12.7. The summed E-state index contributed by atoms with van der Waals surface area (Å²) in [5.74, 6) is -3.06. The first kappa shape index (κ1) is 15.3. The van der Waals surface area contributed by atoms with Crippen molar-refractivity contribution in [2.75, 3.05) is 0 Å². The Morgan fingerprint density at radius 2 is 1.72 bits per heavy atom. The monoisotopic (exact) mass is 336 g/mol. The van der Waals surface area contributed by atoms with Crippen molar-refractivity contribution < 1.29 is 28.7 Å². The number of hydrogen-bond acceptors (Lipinski definition) is 5. The zero-order valence-corrected chi connectivity index (χ0v) is 13.4. The molecule has 0 saturated heterocycles. The second-order valence-corrected chi connectivity index (χ2v) is 6.59. The minimum atomic E-state index is -1.33. The Labute approximate surface area is 141 Å². The van der Waals surface area contributed by atoms with Crippen LogP contribution >= 0.6 is 0 Å². The predicted molar refractivity (Wildman–Crippen MR) is 86.8 cm³/mol.